The summed E-state index contributed by atoms with van der Waals surface area (Å²) in [4.78, 5) is 28.7. The minimum Gasteiger partial charge on any atom is -0.504 e. The van der Waals surface area contributed by atoms with Crippen molar-refractivity contribution in [2.75, 3.05) is 0 Å². The number of non-ortho nitro benzene ring substituents is 1. The first-order valence-corrected chi connectivity index (χ1v) is 6.31. The third kappa shape index (κ3) is 2.29. The van der Waals surface area contributed by atoms with Crippen LogP contribution in [0, 0.1) is 10.1 Å². The van der Waals surface area contributed by atoms with Crippen molar-refractivity contribution in [2.45, 2.75) is 0 Å². The molecule has 116 valence electrons. The van der Waals surface area contributed by atoms with Crippen LogP contribution >= 0.6 is 0 Å². The molecule has 4 N–H and O–H groups in total. The molecular formula is C14H9N3O6. The second kappa shape index (κ2) is 4.98. The lowest BCUT2D eigenvalue weighted by molar-refractivity contribution is -0.384. The van der Waals surface area contributed by atoms with Crippen molar-refractivity contribution in [3.63, 3.8) is 0 Å². The highest BCUT2D eigenvalue weighted by Crippen LogP contribution is 2.39. The predicted octanol–water partition coefficient (Wildman–Crippen LogP) is 1.62. The molecule has 0 fully saturated rings. The first-order valence-electron chi connectivity index (χ1n) is 6.31. The molecule has 0 radical (unpaired) electrons. The van der Waals surface area contributed by atoms with Gasteiger partial charge in [-0.2, -0.15) is 0 Å². The fraction of sp³-hybridized carbons (Fsp3) is 0. The van der Waals surface area contributed by atoms with Crippen molar-refractivity contribution in [2.24, 2.45) is 0 Å². The van der Waals surface area contributed by atoms with E-state index in [-0.39, 0.29) is 22.4 Å². The van der Waals surface area contributed by atoms with Crippen molar-refractivity contribution < 1.29 is 20.2 Å². The number of nitro groups is 1. The maximum Gasteiger partial charge on any atom is 0.269 e. The smallest absolute Gasteiger partial charge is 0.269 e. The summed E-state index contributed by atoms with van der Waals surface area (Å²) >= 11 is 0. The number of benzene rings is 2. The number of nitro benzene ring substituents is 1. The summed E-state index contributed by atoms with van der Waals surface area (Å²) in [6, 6.07) is 6.36. The zero-order valence-corrected chi connectivity index (χ0v) is 11.3. The maximum absolute atomic E-state index is 12.1. The molecule has 9 nitrogen and oxygen atoms in total. The first kappa shape index (κ1) is 14.3. The monoisotopic (exact) mass is 315 g/mol. The van der Waals surface area contributed by atoms with Gasteiger partial charge in [0.1, 0.15) is 11.2 Å². The average Bonchev–Trinajstić information content (AvgIpc) is 2.52. The van der Waals surface area contributed by atoms with E-state index in [1.807, 2.05) is 0 Å². The summed E-state index contributed by atoms with van der Waals surface area (Å²) in [5.41, 5.74) is -0.468. The van der Waals surface area contributed by atoms with Gasteiger partial charge in [0.2, 0.25) is 5.75 Å². The van der Waals surface area contributed by atoms with Crippen LogP contribution in [0.3, 0.4) is 0 Å². The average molecular weight is 315 g/mol. The van der Waals surface area contributed by atoms with E-state index in [9.17, 15) is 30.2 Å². The molecule has 9 heteroatoms. The van der Waals surface area contributed by atoms with E-state index in [2.05, 4.69) is 9.97 Å². The van der Waals surface area contributed by atoms with E-state index in [0.717, 1.165) is 6.07 Å². The molecule has 0 aliphatic carbocycles. The molecule has 1 aromatic heterocycles. The number of aromatic nitrogens is 2. The Kier molecular flexibility index (Phi) is 3.10. The lowest BCUT2D eigenvalue weighted by Crippen LogP contribution is -2.09. The molecule has 1 heterocycles. The highest BCUT2D eigenvalue weighted by molar-refractivity contribution is 5.89. The molecule has 0 aliphatic rings. The van der Waals surface area contributed by atoms with Gasteiger partial charge in [-0.05, 0) is 12.1 Å². The lowest BCUT2D eigenvalue weighted by Gasteiger charge is -2.07. The number of hydrogen-bond acceptors (Lipinski definition) is 7. The van der Waals surface area contributed by atoms with Crippen LogP contribution in [0.5, 0.6) is 17.2 Å². The summed E-state index contributed by atoms with van der Waals surface area (Å²) in [5.74, 6) is -2.11. The van der Waals surface area contributed by atoms with Crippen LogP contribution in [0.15, 0.2) is 35.1 Å². The van der Waals surface area contributed by atoms with Gasteiger partial charge in [0.05, 0.1) is 10.4 Å². The Hall–Kier alpha value is -3.62. The van der Waals surface area contributed by atoms with E-state index in [1.165, 1.54) is 24.3 Å². The number of aromatic amines is 1. The van der Waals surface area contributed by atoms with E-state index in [0.29, 0.717) is 5.56 Å². The zero-order valence-electron chi connectivity index (χ0n) is 11.3. The molecule has 0 saturated carbocycles. The SMILES string of the molecule is O=c1[nH]c(-c2ccc([N+](=O)[O-])cc2)nc2cc(O)c(O)c(O)c12. The number of rotatable bonds is 2. The van der Waals surface area contributed by atoms with E-state index >= 15 is 0 Å². The van der Waals surface area contributed by atoms with Gasteiger partial charge < -0.3 is 20.3 Å². The summed E-state index contributed by atoms with van der Waals surface area (Å²) in [7, 11) is 0. The van der Waals surface area contributed by atoms with Gasteiger partial charge in [-0.15, -0.1) is 0 Å². The minimum atomic E-state index is -0.812. The normalized spacial score (nSPS) is 10.8. The fourth-order valence-electron chi connectivity index (χ4n) is 2.14. The van der Waals surface area contributed by atoms with Crippen LogP contribution < -0.4 is 5.56 Å². The molecule has 0 unspecified atom stereocenters. The van der Waals surface area contributed by atoms with Gasteiger partial charge in [0, 0.05) is 23.8 Å². The molecule has 2 aromatic carbocycles. The Bertz CT molecular complexity index is 994. The number of phenolic OH excluding ortho intramolecular Hbond substituents is 3. The second-order valence-corrected chi connectivity index (χ2v) is 4.71. The number of nitrogens with one attached hydrogen (secondary N) is 1. The van der Waals surface area contributed by atoms with Crippen molar-refractivity contribution in [3.8, 4) is 28.6 Å². The van der Waals surface area contributed by atoms with Crippen molar-refractivity contribution in [1.82, 2.24) is 9.97 Å². The third-order valence-electron chi connectivity index (χ3n) is 3.28. The Labute approximate surface area is 127 Å². The Morgan fingerprint density at radius 2 is 1.74 bits per heavy atom. The standard InChI is InChI=1S/C14H9N3O6/c18-9-5-8-10(12(20)11(9)19)14(21)16-13(15-8)6-1-3-7(4-2-6)17(22)23/h1-5,18-20H,(H,15,16,21). The zero-order chi connectivity index (χ0) is 16.7. The molecule has 0 bridgehead atoms. The molecule has 0 saturated heterocycles. The van der Waals surface area contributed by atoms with Crippen LogP contribution in [0.25, 0.3) is 22.3 Å². The molecule has 23 heavy (non-hydrogen) atoms. The Morgan fingerprint density at radius 3 is 2.35 bits per heavy atom. The Morgan fingerprint density at radius 1 is 1.09 bits per heavy atom. The van der Waals surface area contributed by atoms with E-state index in [1.54, 1.807) is 0 Å². The van der Waals surface area contributed by atoms with Gasteiger partial charge >= 0.3 is 0 Å². The van der Waals surface area contributed by atoms with Crippen molar-refractivity contribution in [1.29, 1.82) is 0 Å². The number of phenols is 3. The molecule has 0 aliphatic heterocycles. The molecule has 0 spiro atoms. The lowest BCUT2D eigenvalue weighted by atomic mass is 10.1. The molecule has 3 aromatic rings. The summed E-state index contributed by atoms with van der Waals surface area (Å²) < 4.78 is 0. The number of hydrogen-bond donors (Lipinski definition) is 4. The van der Waals surface area contributed by atoms with Gasteiger partial charge in [-0.25, -0.2) is 4.98 Å². The molecular weight excluding hydrogens is 306 g/mol. The largest absolute Gasteiger partial charge is 0.504 e. The quantitative estimate of drug-likeness (QED) is 0.319. The van der Waals surface area contributed by atoms with Crippen LogP contribution in [-0.4, -0.2) is 30.2 Å². The molecule has 3 rings (SSSR count). The van der Waals surface area contributed by atoms with Gasteiger partial charge in [0.25, 0.3) is 11.2 Å². The fourth-order valence-corrected chi connectivity index (χ4v) is 2.14. The summed E-state index contributed by atoms with van der Waals surface area (Å²) in [6.45, 7) is 0. The minimum absolute atomic E-state index is 0.0325. The highest BCUT2D eigenvalue weighted by Gasteiger charge is 2.17. The molecule has 0 amide bonds. The van der Waals surface area contributed by atoms with Crippen LogP contribution in [0.2, 0.25) is 0 Å². The first-order chi connectivity index (χ1) is 10.9. The maximum atomic E-state index is 12.1. The number of fused-ring (bicyclic) bond motifs is 1. The highest BCUT2D eigenvalue weighted by atomic mass is 16.6. The number of aromatic hydroxyl groups is 3. The van der Waals surface area contributed by atoms with Gasteiger partial charge in [0.15, 0.2) is 11.5 Å². The van der Waals surface area contributed by atoms with Gasteiger partial charge in [-0.1, -0.05) is 0 Å². The van der Waals surface area contributed by atoms with Crippen molar-refractivity contribution in [3.05, 3.63) is 50.8 Å². The summed E-state index contributed by atoms with van der Waals surface area (Å²) in [6.07, 6.45) is 0. The second-order valence-electron chi connectivity index (χ2n) is 4.71. The number of H-pyrrole nitrogens is 1. The van der Waals surface area contributed by atoms with E-state index in [4.69, 9.17) is 0 Å². The Balaban J connectivity index is 2.22. The van der Waals surface area contributed by atoms with Gasteiger partial charge in [-0.3, -0.25) is 14.9 Å². The summed E-state index contributed by atoms with van der Waals surface area (Å²) in [5, 5.41) is 39.1. The topological polar surface area (TPSA) is 150 Å². The number of nitrogens with zero attached hydrogens (tertiary/aromatic N) is 2. The predicted molar refractivity (Wildman–Crippen MR) is 79.4 cm³/mol. The third-order valence-corrected chi connectivity index (χ3v) is 3.28. The van der Waals surface area contributed by atoms with E-state index < -0.39 is 27.7 Å². The van der Waals surface area contributed by atoms with Crippen LogP contribution in [0.4, 0.5) is 5.69 Å². The van der Waals surface area contributed by atoms with Crippen LogP contribution in [-0.2, 0) is 0 Å². The van der Waals surface area contributed by atoms with Crippen LogP contribution in [0.1, 0.15) is 0 Å². The van der Waals surface area contributed by atoms with Crippen molar-refractivity contribution >= 4 is 16.6 Å². The molecule has 0 atom stereocenters.